The monoisotopic (exact) mass is 339 g/mol. The van der Waals surface area contributed by atoms with Gasteiger partial charge >= 0.3 is 0 Å². The Morgan fingerprint density at radius 1 is 1.35 bits per heavy atom. The van der Waals surface area contributed by atoms with E-state index in [1.807, 2.05) is 6.92 Å². The van der Waals surface area contributed by atoms with E-state index < -0.39 is 21.7 Å². The van der Waals surface area contributed by atoms with Crippen molar-refractivity contribution >= 4 is 15.7 Å². The third-order valence-corrected chi connectivity index (χ3v) is 5.11. The van der Waals surface area contributed by atoms with Crippen LogP contribution in [0.5, 0.6) is 0 Å². The van der Waals surface area contributed by atoms with Crippen LogP contribution >= 0.6 is 0 Å². The zero-order chi connectivity index (χ0) is 16.9. The van der Waals surface area contributed by atoms with E-state index in [2.05, 4.69) is 10.4 Å². The van der Waals surface area contributed by atoms with Crippen molar-refractivity contribution in [3.8, 4) is 0 Å². The molecule has 1 aromatic carbocycles. The third-order valence-electron chi connectivity index (χ3n) is 3.38. The minimum Gasteiger partial charge on any atom is -0.353 e. The number of sulfone groups is 1. The quantitative estimate of drug-likeness (QED) is 0.776. The van der Waals surface area contributed by atoms with Gasteiger partial charge < -0.3 is 5.32 Å². The predicted octanol–water partition coefficient (Wildman–Crippen LogP) is 1.56. The molecule has 1 atom stereocenters. The summed E-state index contributed by atoms with van der Waals surface area (Å²) in [5.41, 5.74) is 0. The number of halogens is 1. The van der Waals surface area contributed by atoms with Gasteiger partial charge in [-0.25, -0.2) is 12.8 Å². The second-order valence-corrected chi connectivity index (χ2v) is 7.08. The number of hydrogen-bond donors (Lipinski definition) is 1. The molecule has 1 aromatic heterocycles. The lowest BCUT2D eigenvalue weighted by Gasteiger charge is -2.15. The van der Waals surface area contributed by atoms with E-state index in [1.54, 1.807) is 18.5 Å². The number of amides is 1. The molecular formula is C15H18FN3O3S. The number of nitrogens with one attached hydrogen (secondary N) is 1. The molecule has 1 unspecified atom stereocenters. The number of hydrogen-bond acceptors (Lipinski definition) is 4. The van der Waals surface area contributed by atoms with Crippen molar-refractivity contribution in [1.82, 2.24) is 15.1 Å². The SMILES string of the molecule is CCC(C(=O)NCCS(=O)(=O)c1ccc(F)cc1)n1cccn1. The summed E-state index contributed by atoms with van der Waals surface area (Å²) >= 11 is 0. The summed E-state index contributed by atoms with van der Waals surface area (Å²) in [4.78, 5) is 12.2. The van der Waals surface area contributed by atoms with Gasteiger partial charge in [0.05, 0.1) is 10.6 Å². The highest BCUT2D eigenvalue weighted by atomic mass is 32.2. The molecule has 8 heteroatoms. The van der Waals surface area contributed by atoms with Crippen LogP contribution in [-0.4, -0.2) is 36.4 Å². The van der Waals surface area contributed by atoms with Gasteiger partial charge in [-0.2, -0.15) is 5.10 Å². The van der Waals surface area contributed by atoms with Crippen molar-refractivity contribution in [3.63, 3.8) is 0 Å². The van der Waals surface area contributed by atoms with Gasteiger partial charge in [0.25, 0.3) is 0 Å². The van der Waals surface area contributed by atoms with Crippen molar-refractivity contribution in [3.05, 3.63) is 48.5 Å². The van der Waals surface area contributed by atoms with Crippen molar-refractivity contribution in [2.24, 2.45) is 0 Å². The second kappa shape index (κ2) is 7.36. The van der Waals surface area contributed by atoms with Gasteiger partial charge in [0, 0.05) is 18.9 Å². The van der Waals surface area contributed by atoms with Crippen molar-refractivity contribution < 1.29 is 17.6 Å². The topological polar surface area (TPSA) is 81.1 Å². The van der Waals surface area contributed by atoms with E-state index in [-0.39, 0.29) is 23.1 Å². The first-order valence-corrected chi connectivity index (χ1v) is 8.84. The number of benzene rings is 1. The Balaban J connectivity index is 1.93. The van der Waals surface area contributed by atoms with Crippen LogP contribution in [0, 0.1) is 5.82 Å². The van der Waals surface area contributed by atoms with Gasteiger partial charge in [-0.15, -0.1) is 0 Å². The first-order chi connectivity index (χ1) is 10.9. The summed E-state index contributed by atoms with van der Waals surface area (Å²) < 4.78 is 38.6. The molecule has 2 aromatic rings. The van der Waals surface area contributed by atoms with Gasteiger partial charge in [0.15, 0.2) is 9.84 Å². The number of rotatable bonds is 7. The molecule has 0 aliphatic carbocycles. The van der Waals surface area contributed by atoms with E-state index in [0.717, 1.165) is 12.1 Å². The molecule has 0 saturated heterocycles. The lowest BCUT2D eigenvalue weighted by Crippen LogP contribution is -2.35. The molecule has 0 bridgehead atoms. The van der Waals surface area contributed by atoms with Gasteiger partial charge in [-0.05, 0) is 36.8 Å². The average Bonchev–Trinajstić information content (AvgIpc) is 3.02. The van der Waals surface area contributed by atoms with Crippen LogP contribution < -0.4 is 5.32 Å². The fourth-order valence-electron chi connectivity index (χ4n) is 2.14. The molecule has 1 heterocycles. The van der Waals surface area contributed by atoms with Crippen molar-refractivity contribution in [1.29, 1.82) is 0 Å². The maximum Gasteiger partial charge on any atom is 0.244 e. The van der Waals surface area contributed by atoms with Crippen LogP contribution in [0.15, 0.2) is 47.6 Å². The fourth-order valence-corrected chi connectivity index (χ4v) is 3.30. The minimum absolute atomic E-state index is 0.0175. The molecule has 124 valence electrons. The van der Waals surface area contributed by atoms with Gasteiger partial charge in [0.2, 0.25) is 5.91 Å². The molecule has 0 aliphatic heterocycles. The van der Waals surface area contributed by atoms with Crippen LogP contribution in [0.4, 0.5) is 4.39 Å². The third kappa shape index (κ3) is 4.38. The van der Waals surface area contributed by atoms with Crippen molar-refractivity contribution in [2.75, 3.05) is 12.3 Å². The molecule has 0 radical (unpaired) electrons. The van der Waals surface area contributed by atoms with E-state index >= 15 is 0 Å². The largest absolute Gasteiger partial charge is 0.353 e. The molecule has 23 heavy (non-hydrogen) atoms. The number of aromatic nitrogens is 2. The van der Waals surface area contributed by atoms with E-state index in [0.29, 0.717) is 6.42 Å². The molecule has 6 nitrogen and oxygen atoms in total. The molecule has 2 rings (SSSR count). The number of carbonyl (C=O) groups excluding carboxylic acids is 1. The Kier molecular flexibility index (Phi) is 5.49. The smallest absolute Gasteiger partial charge is 0.244 e. The standard InChI is InChI=1S/C15H18FN3O3S/c1-2-14(19-10-3-8-18-19)15(20)17-9-11-23(21,22)13-6-4-12(16)5-7-13/h3-8,10,14H,2,9,11H2,1H3,(H,17,20). The summed E-state index contributed by atoms with van der Waals surface area (Å²) in [6.45, 7) is 1.83. The fraction of sp³-hybridized carbons (Fsp3) is 0.333. The normalized spacial score (nSPS) is 12.8. The van der Waals surface area contributed by atoms with Gasteiger partial charge in [0.1, 0.15) is 11.9 Å². The van der Waals surface area contributed by atoms with Crippen LogP contribution in [0.25, 0.3) is 0 Å². The molecule has 0 fully saturated rings. The van der Waals surface area contributed by atoms with Crippen LogP contribution in [0.2, 0.25) is 0 Å². The molecule has 1 N–H and O–H groups in total. The lowest BCUT2D eigenvalue weighted by molar-refractivity contribution is -0.124. The van der Waals surface area contributed by atoms with E-state index in [1.165, 1.54) is 16.8 Å². The summed E-state index contributed by atoms with van der Waals surface area (Å²) in [6, 6.07) is 5.86. The Morgan fingerprint density at radius 3 is 2.61 bits per heavy atom. The summed E-state index contributed by atoms with van der Waals surface area (Å²) in [5.74, 6) is -1.03. The summed E-state index contributed by atoms with van der Waals surface area (Å²) in [5, 5.41) is 6.63. The second-order valence-electron chi connectivity index (χ2n) is 4.97. The predicted molar refractivity (Wildman–Crippen MR) is 83.0 cm³/mol. The average molecular weight is 339 g/mol. The van der Waals surface area contributed by atoms with Crippen LogP contribution in [-0.2, 0) is 14.6 Å². The van der Waals surface area contributed by atoms with Crippen LogP contribution in [0.1, 0.15) is 19.4 Å². The maximum absolute atomic E-state index is 12.8. The molecule has 0 saturated carbocycles. The molecule has 1 amide bonds. The number of nitrogens with zero attached hydrogens (tertiary/aromatic N) is 2. The molecular weight excluding hydrogens is 321 g/mol. The molecule has 0 spiro atoms. The van der Waals surface area contributed by atoms with Gasteiger partial charge in [-0.1, -0.05) is 6.92 Å². The zero-order valence-corrected chi connectivity index (χ0v) is 13.5. The van der Waals surface area contributed by atoms with E-state index in [4.69, 9.17) is 0 Å². The Labute approximate surface area is 134 Å². The first kappa shape index (κ1) is 17.1. The van der Waals surface area contributed by atoms with Crippen molar-refractivity contribution in [2.45, 2.75) is 24.3 Å². The Morgan fingerprint density at radius 2 is 2.04 bits per heavy atom. The Hall–Kier alpha value is -2.22. The highest BCUT2D eigenvalue weighted by molar-refractivity contribution is 7.91. The number of carbonyl (C=O) groups is 1. The first-order valence-electron chi connectivity index (χ1n) is 7.19. The van der Waals surface area contributed by atoms with E-state index in [9.17, 15) is 17.6 Å². The van der Waals surface area contributed by atoms with Gasteiger partial charge in [-0.3, -0.25) is 9.48 Å². The summed E-state index contributed by atoms with van der Waals surface area (Å²) in [6.07, 6.45) is 3.80. The molecule has 0 aliphatic rings. The van der Waals surface area contributed by atoms with Crippen LogP contribution in [0.3, 0.4) is 0 Å². The Bertz CT molecular complexity index is 743. The zero-order valence-electron chi connectivity index (χ0n) is 12.6. The summed E-state index contributed by atoms with van der Waals surface area (Å²) in [7, 11) is -3.56. The minimum atomic E-state index is -3.56. The maximum atomic E-state index is 12.8. The highest BCUT2D eigenvalue weighted by Crippen LogP contribution is 2.12. The highest BCUT2D eigenvalue weighted by Gasteiger charge is 2.20. The lowest BCUT2D eigenvalue weighted by atomic mass is 10.2.